The zero-order valence-electron chi connectivity index (χ0n) is 10.9. The van der Waals surface area contributed by atoms with Gasteiger partial charge in [0.1, 0.15) is 0 Å². The van der Waals surface area contributed by atoms with Crippen LogP contribution in [0, 0.1) is 17.8 Å². The Labute approximate surface area is 104 Å². The minimum atomic E-state index is -0.566. The van der Waals surface area contributed by atoms with Crippen LogP contribution in [0.4, 0.5) is 0 Å². The van der Waals surface area contributed by atoms with Gasteiger partial charge in [0, 0.05) is 0 Å². The minimum absolute atomic E-state index is 0.0763. The fourth-order valence-corrected chi connectivity index (χ4v) is 3.56. The third kappa shape index (κ3) is 2.34. The average Bonchev–Trinajstić information content (AvgIpc) is 2.58. The first kappa shape index (κ1) is 12.8. The molecule has 0 spiro atoms. The van der Waals surface area contributed by atoms with Crippen molar-refractivity contribution < 1.29 is 10.2 Å². The number of aliphatic hydroxyl groups excluding tert-OH is 1. The van der Waals surface area contributed by atoms with Crippen LogP contribution in [0.25, 0.3) is 0 Å². The summed E-state index contributed by atoms with van der Waals surface area (Å²) in [7, 11) is 0. The normalized spacial score (nSPS) is 41.6. The Bertz CT molecular complexity index is 341. The van der Waals surface area contributed by atoms with Crippen LogP contribution >= 0.6 is 0 Å². The molecule has 2 heteroatoms. The molecule has 0 aromatic rings. The molecule has 2 nitrogen and oxygen atoms in total. The van der Waals surface area contributed by atoms with E-state index in [9.17, 15) is 10.2 Å². The molecule has 2 N–H and O–H groups in total. The Morgan fingerprint density at radius 3 is 2.94 bits per heavy atom. The Morgan fingerprint density at radius 1 is 1.59 bits per heavy atom. The maximum atomic E-state index is 10.6. The van der Waals surface area contributed by atoms with Crippen molar-refractivity contribution in [2.24, 2.45) is 17.8 Å². The topological polar surface area (TPSA) is 40.5 Å². The Kier molecular flexibility index (Phi) is 3.46. The van der Waals surface area contributed by atoms with E-state index in [-0.39, 0.29) is 6.61 Å². The van der Waals surface area contributed by atoms with E-state index in [1.165, 1.54) is 5.57 Å². The number of aliphatic hydroxyl groups is 2. The van der Waals surface area contributed by atoms with Gasteiger partial charge in [0.2, 0.25) is 0 Å². The molecule has 0 unspecified atom stereocenters. The lowest BCUT2D eigenvalue weighted by Gasteiger charge is -2.32. The largest absolute Gasteiger partial charge is 0.392 e. The molecule has 2 aliphatic rings. The van der Waals surface area contributed by atoms with Gasteiger partial charge in [-0.25, -0.2) is 0 Å². The van der Waals surface area contributed by atoms with Crippen LogP contribution in [0.1, 0.15) is 39.5 Å². The molecule has 0 amide bonds. The predicted octanol–water partition coefficient (Wildman–Crippen LogP) is 2.67. The van der Waals surface area contributed by atoms with Crippen LogP contribution in [-0.2, 0) is 0 Å². The van der Waals surface area contributed by atoms with Crippen molar-refractivity contribution in [2.45, 2.75) is 45.1 Å². The molecular weight excluding hydrogens is 212 g/mol. The van der Waals surface area contributed by atoms with Gasteiger partial charge in [-0.1, -0.05) is 18.2 Å². The first-order chi connectivity index (χ1) is 7.95. The lowest BCUT2D eigenvalue weighted by molar-refractivity contribution is -0.0153. The number of fused-ring (bicyclic) bond motifs is 1. The van der Waals surface area contributed by atoms with Crippen molar-refractivity contribution >= 4 is 0 Å². The van der Waals surface area contributed by atoms with Crippen LogP contribution in [0.15, 0.2) is 23.8 Å². The van der Waals surface area contributed by atoms with E-state index < -0.39 is 5.60 Å². The van der Waals surface area contributed by atoms with Crippen LogP contribution < -0.4 is 0 Å². The van der Waals surface area contributed by atoms with Crippen molar-refractivity contribution in [3.8, 4) is 0 Å². The summed E-state index contributed by atoms with van der Waals surface area (Å²) in [4.78, 5) is 0. The minimum Gasteiger partial charge on any atom is -0.392 e. The molecule has 96 valence electrons. The molecule has 1 fully saturated rings. The molecule has 2 aliphatic carbocycles. The van der Waals surface area contributed by atoms with Gasteiger partial charge in [-0.3, -0.25) is 0 Å². The fraction of sp³-hybridized carbons (Fsp3) is 0.733. The van der Waals surface area contributed by atoms with Gasteiger partial charge < -0.3 is 10.2 Å². The lowest BCUT2D eigenvalue weighted by Crippen LogP contribution is -2.35. The van der Waals surface area contributed by atoms with Crippen LogP contribution in [0.3, 0.4) is 0 Å². The first-order valence-electron chi connectivity index (χ1n) is 6.63. The highest BCUT2D eigenvalue weighted by Crippen LogP contribution is 2.48. The van der Waals surface area contributed by atoms with Crippen molar-refractivity contribution in [2.75, 3.05) is 6.61 Å². The molecule has 0 heterocycles. The summed E-state index contributed by atoms with van der Waals surface area (Å²) in [5.74, 6) is 1.20. The zero-order chi connectivity index (χ0) is 12.6. The summed E-state index contributed by atoms with van der Waals surface area (Å²) in [5.41, 5.74) is 1.78. The van der Waals surface area contributed by atoms with Gasteiger partial charge in [-0.15, -0.1) is 0 Å². The highest BCUT2D eigenvalue weighted by atomic mass is 16.3. The second kappa shape index (κ2) is 4.58. The molecule has 4 atom stereocenters. The van der Waals surface area contributed by atoms with Crippen molar-refractivity contribution in [1.29, 1.82) is 0 Å². The van der Waals surface area contributed by atoms with Gasteiger partial charge in [0.15, 0.2) is 0 Å². The zero-order valence-corrected chi connectivity index (χ0v) is 10.9. The van der Waals surface area contributed by atoms with Crippen molar-refractivity contribution in [3.05, 3.63) is 23.8 Å². The van der Waals surface area contributed by atoms with E-state index in [1.54, 1.807) is 0 Å². The van der Waals surface area contributed by atoms with Crippen LogP contribution in [-0.4, -0.2) is 22.4 Å². The van der Waals surface area contributed by atoms with Gasteiger partial charge in [-0.05, 0) is 62.9 Å². The van der Waals surface area contributed by atoms with Crippen molar-refractivity contribution in [3.63, 3.8) is 0 Å². The average molecular weight is 236 g/mol. The third-order valence-electron chi connectivity index (χ3n) is 4.88. The lowest BCUT2D eigenvalue weighted by atomic mass is 9.77. The number of rotatable bonds is 2. The van der Waals surface area contributed by atoms with E-state index in [2.05, 4.69) is 19.6 Å². The summed E-state index contributed by atoms with van der Waals surface area (Å²) in [6.07, 6.45) is 6.09. The Balaban J connectivity index is 2.21. The van der Waals surface area contributed by atoms with Gasteiger partial charge >= 0.3 is 0 Å². The molecule has 2 rings (SSSR count). The summed E-state index contributed by atoms with van der Waals surface area (Å²) >= 11 is 0. The molecule has 17 heavy (non-hydrogen) atoms. The smallest absolute Gasteiger partial charge is 0.0656 e. The molecule has 0 saturated heterocycles. The van der Waals surface area contributed by atoms with E-state index in [0.717, 1.165) is 31.3 Å². The summed E-state index contributed by atoms with van der Waals surface area (Å²) in [6, 6.07) is 0. The number of allylic oxidation sites excluding steroid dienone is 2. The van der Waals surface area contributed by atoms with E-state index in [1.807, 2.05) is 6.92 Å². The second-order valence-corrected chi connectivity index (χ2v) is 6.04. The quantitative estimate of drug-likeness (QED) is 0.724. The van der Waals surface area contributed by atoms with Crippen LogP contribution in [0.2, 0.25) is 0 Å². The van der Waals surface area contributed by atoms with E-state index in [0.29, 0.717) is 17.8 Å². The molecule has 0 bridgehead atoms. The molecule has 0 aromatic heterocycles. The summed E-state index contributed by atoms with van der Waals surface area (Å²) in [6.45, 7) is 8.20. The molecular formula is C15H24O2. The van der Waals surface area contributed by atoms with Gasteiger partial charge in [0.05, 0.1) is 12.2 Å². The molecule has 0 aliphatic heterocycles. The number of hydrogen-bond donors (Lipinski definition) is 2. The molecule has 0 radical (unpaired) electrons. The monoisotopic (exact) mass is 236 g/mol. The maximum Gasteiger partial charge on any atom is 0.0656 e. The molecule has 1 saturated carbocycles. The van der Waals surface area contributed by atoms with Gasteiger partial charge in [-0.2, -0.15) is 0 Å². The highest BCUT2D eigenvalue weighted by molar-refractivity contribution is 5.19. The molecule has 0 aromatic carbocycles. The van der Waals surface area contributed by atoms with Gasteiger partial charge in [0.25, 0.3) is 0 Å². The maximum absolute atomic E-state index is 10.6. The Hall–Kier alpha value is -0.600. The Morgan fingerprint density at radius 2 is 2.29 bits per heavy atom. The van der Waals surface area contributed by atoms with E-state index in [4.69, 9.17) is 0 Å². The van der Waals surface area contributed by atoms with E-state index >= 15 is 0 Å². The second-order valence-electron chi connectivity index (χ2n) is 6.04. The summed E-state index contributed by atoms with van der Waals surface area (Å²) < 4.78 is 0. The first-order valence-corrected chi connectivity index (χ1v) is 6.63. The van der Waals surface area contributed by atoms with Crippen LogP contribution in [0.5, 0.6) is 0 Å². The SMILES string of the molecule is C=C(CO)[C@H]1CC[C@](C)(O)[C@H]2CC=C(C)[C@@H]2C1. The fourth-order valence-electron chi connectivity index (χ4n) is 3.56. The van der Waals surface area contributed by atoms with Crippen molar-refractivity contribution in [1.82, 2.24) is 0 Å². The summed E-state index contributed by atoms with van der Waals surface area (Å²) in [5, 5.41) is 19.8. The third-order valence-corrected chi connectivity index (χ3v) is 4.88. The predicted molar refractivity (Wildman–Crippen MR) is 69.5 cm³/mol. The number of hydrogen-bond acceptors (Lipinski definition) is 2. The highest BCUT2D eigenvalue weighted by Gasteiger charge is 2.44. The standard InChI is InChI=1S/C15H24O2/c1-10-4-5-14-13(10)8-12(11(2)9-16)6-7-15(14,3)17/h4,12-14,16-17H,2,5-9H2,1,3H3/t12-,13-,14-,15-/m0/s1.